The van der Waals surface area contributed by atoms with Gasteiger partial charge in [-0.3, -0.25) is 0 Å². The molecule has 1 aliphatic rings. The molecule has 2 aromatic rings. The van der Waals surface area contributed by atoms with E-state index in [-0.39, 0.29) is 17.8 Å². The molecular formula is C9H8F3N3S. The lowest BCUT2D eigenvalue weighted by Crippen LogP contribution is -2.28. The van der Waals surface area contributed by atoms with Crippen molar-refractivity contribution in [2.75, 3.05) is 0 Å². The van der Waals surface area contributed by atoms with Crippen molar-refractivity contribution in [1.82, 2.24) is 14.6 Å². The first-order chi connectivity index (χ1) is 7.42. The van der Waals surface area contributed by atoms with Gasteiger partial charge < -0.3 is 0 Å². The van der Waals surface area contributed by atoms with Crippen molar-refractivity contribution >= 4 is 16.3 Å². The molecule has 0 N–H and O–H groups in total. The maximum atomic E-state index is 12.8. The number of halogens is 3. The molecule has 0 radical (unpaired) electrons. The number of alkyl halides is 3. The summed E-state index contributed by atoms with van der Waals surface area (Å²) in [7, 11) is 0. The topological polar surface area (TPSA) is 30.2 Å². The van der Waals surface area contributed by atoms with Crippen LogP contribution in [0.1, 0.15) is 23.5 Å². The van der Waals surface area contributed by atoms with E-state index in [1.807, 2.05) is 0 Å². The maximum absolute atomic E-state index is 12.8. The molecule has 0 saturated heterocycles. The zero-order valence-electron chi connectivity index (χ0n) is 8.38. The molecule has 0 amide bonds. The van der Waals surface area contributed by atoms with E-state index in [0.717, 1.165) is 17.0 Å². The number of rotatable bonds is 1. The lowest BCUT2D eigenvalue weighted by molar-refractivity contribution is -0.160. The molecule has 0 bridgehead atoms. The fourth-order valence-electron chi connectivity index (χ4n) is 1.75. The number of fused-ring (bicyclic) bond motifs is 1. The molecular weight excluding hydrogens is 239 g/mol. The van der Waals surface area contributed by atoms with Crippen LogP contribution in [0.2, 0.25) is 0 Å². The van der Waals surface area contributed by atoms with Crippen LogP contribution >= 0.6 is 11.3 Å². The van der Waals surface area contributed by atoms with Crippen LogP contribution in [0.4, 0.5) is 13.2 Å². The summed E-state index contributed by atoms with van der Waals surface area (Å²) < 4.78 is 39.9. The van der Waals surface area contributed by atoms with Gasteiger partial charge >= 0.3 is 6.18 Å². The zero-order chi connectivity index (χ0) is 11.6. The molecule has 0 unspecified atom stereocenters. The quantitative estimate of drug-likeness (QED) is 0.775. The minimum absolute atomic E-state index is 0.141. The standard InChI is InChI=1S/C9H8F3N3S/c1-5-4-15-7(13-5)16-6(14-15)8(2-3-8)9(10,11)12/h4H,2-3H2,1H3. The highest BCUT2D eigenvalue weighted by molar-refractivity contribution is 7.16. The second-order valence-corrected chi connectivity index (χ2v) is 5.05. The van der Waals surface area contributed by atoms with E-state index in [4.69, 9.17) is 0 Å². The van der Waals surface area contributed by atoms with Crippen molar-refractivity contribution in [1.29, 1.82) is 0 Å². The molecule has 1 fully saturated rings. The first kappa shape index (κ1) is 10.1. The molecule has 1 aliphatic carbocycles. The number of hydrogen-bond acceptors (Lipinski definition) is 3. The van der Waals surface area contributed by atoms with Crippen LogP contribution in [0.5, 0.6) is 0 Å². The Morgan fingerprint density at radius 1 is 1.44 bits per heavy atom. The normalized spacial score (nSPS) is 19.2. The van der Waals surface area contributed by atoms with Gasteiger partial charge in [-0.15, -0.1) is 0 Å². The third-order valence-electron chi connectivity index (χ3n) is 2.87. The molecule has 3 rings (SSSR count). The Morgan fingerprint density at radius 2 is 2.12 bits per heavy atom. The van der Waals surface area contributed by atoms with E-state index in [1.165, 1.54) is 4.52 Å². The Labute approximate surface area is 92.9 Å². The Hall–Kier alpha value is -1.11. The van der Waals surface area contributed by atoms with Gasteiger partial charge in [0.2, 0.25) is 4.96 Å². The Morgan fingerprint density at radius 3 is 2.62 bits per heavy atom. The number of nitrogens with zero attached hydrogens (tertiary/aromatic N) is 3. The minimum Gasteiger partial charge on any atom is -0.223 e. The summed E-state index contributed by atoms with van der Waals surface area (Å²) in [5.74, 6) is 0. The van der Waals surface area contributed by atoms with Gasteiger partial charge in [-0.1, -0.05) is 11.3 Å². The van der Waals surface area contributed by atoms with Gasteiger partial charge in [-0.05, 0) is 19.8 Å². The fourth-order valence-corrected chi connectivity index (χ4v) is 2.94. The van der Waals surface area contributed by atoms with Crippen molar-refractivity contribution in [3.05, 3.63) is 16.9 Å². The number of aryl methyl sites for hydroxylation is 1. The van der Waals surface area contributed by atoms with E-state index in [0.29, 0.717) is 4.96 Å². The van der Waals surface area contributed by atoms with E-state index < -0.39 is 11.6 Å². The number of imidazole rings is 1. The zero-order valence-corrected chi connectivity index (χ0v) is 9.19. The van der Waals surface area contributed by atoms with Crippen molar-refractivity contribution < 1.29 is 13.2 Å². The molecule has 2 aromatic heterocycles. The molecule has 0 aromatic carbocycles. The van der Waals surface area contributed by atoms with Crippen LogP contribution in [0.15, 0.2) is 6.20 Å². The largest absolute Gasteiger partial charge is 0.400 e. The Bertz CT molecular complexity index is 518. The summed E-state index contributed by atoms with van der Waals surface area (Å²) in [6, 6.07) is 0. The predicted molar refractivity (Wildman–Crippen MR) is 52.6 cm³/mol. The summed E-state index contributed by atoms with van der Waals surface area (Å²) in [6.07, 6.45) is -2.27. The van der Waals surface area contributed by atoms with Gasteiger partial charge in [-0.2, -0.15) is 18.3 Å². The van der Waals surface area contributed by atoms with Gasteiger partial charge in [0.05, 0.1) is 11.9 Å². The van der Waals surface area contributed by atoms with E-state index >= 15 is 0 Å². The highest BCUT2D eigenvalue weighted by Crippen LogP contribution is 2.59. The molecule has 16 heavy (non-hydrogen) atoms. The monoisotopic (exact) mass is 247 g/mol. The third-order valence-corrected chi connectivity index (χ3v) is 3.99. The highest BCUT2D eigenvalue weighted by atomic mass is 32.1. The summed E-state index contributed by atoms with van der Waals surface area (Å²) in [5.41, 5.74) is -0.922. The lowest BCUT2D eigenvalue weighted by Gasteiger charge is -2.15. The Balaban J connectivity index is 2.10. The van der Waals surface area contributed by atoms with Gasteiger partial charge in [0.25, 0.3) is 0 Å². The smallest absolute Gasteiger partial charge is 0.223 e. The third kappa shape index (κ3) is 1.20. The fraction of sp³-hybridized carbons (Fsp3) is 0.556. The average molecular weight is 247 g/mol. The summed E-state index contributed by atoms with van der Waals surface area (Å²) in [4.78, 5) is 4.64. The van der Waals surface area contributed by atoms with Crippen molar-refractivity contribution in [3.63, 3.8) is 0 Å². The number of hydrogen-bond donors (Lipinski definition) is 0. The van der Waals surface area contributed by atoms with Crippen molar-refractivity contribution in [3.8, 4) is 0 Å². The van der Waals surface area contributed by atoms with Gasteiger partial charge in [0.1, 0.15) is 10.4 Å². The molecule has 7 heteroatoms. The molecule has 86 valence electrons. The van der Waals surface area contributed by atoms with Crippen LogP contribution < -0.4 is 0 Å². The maximum Gasteiger partial charge on any atom is 0.400 e. The predicted octanol–water partition coefficient (Wildman–Crippen LogP) is 2.69. The number of aromatic nitrogens is 3. The Kier molecular flexibility index (Phi) is 1.74. The van der Waals surface area contributed by atoms with E-state index in [2.05, 4.69) is 10.1 Å². The van der Waals surface area contributed by atoms with Gasteiger partial charge in [-0.25, -0.2) is 9.50 Å². The van der Waals surface area contributed by atoms with Crippen LogP contribution in [-0.4, -0.2) is 20.8 Å². The van der Waals surface area contributed by atoms with E-state index in [1.54, 1.807) is 13.1 Å². The molecule has 0 spiro atoms. The second kappa shape index (κ2) is 2.77. The average Bonchev–Trinajstić information content (AvgIpc) is 2.77. The second-order valence-electron chi connectivity index (χ2n) is 4.10. The summed E-state index contributed by atoms with van der Waals surface area (Å²) >= 11 is 1.04. The summed E-state index contributed by atoms with van der Waals surface area (Å²) in [6.45, 7) is 1.79. The molecule has 2 heterocycles. The molecule has 0 atom stereocenters. The van der Waals surface area contributed by atoms with E-state index in [9.17, 15) is 13.2 Å². The lowest BCUT2D eigenvalue weighted by atomic mass is 10.1. The van der Waals surface area contributed by atoms with Crippen molar-refractivity contribution in [2.24, 2.45) is 0 Å². The van der Waals surface area contributed by atoms with Crippen LogP contribution in [0.25, 0.3) is 4.96 Å². The van der Waals surface area contributed by atoms with Crippen LogP contribution in [0, 0.1) is 6.92 Å². The molecule has 3 nitrogen and oxygen atoms in total. The highest BCUT2D eigenvalue weighted by Gasteiger charge is 2.66. The molecule has 0 aliphatic heterocycles. The van der Waals surface area contributed by atoms with Crippen molar-refractivity contribution in [2.45, 2.75) is 31.4 Å². The summed E-state index contributed by atoms with van der Waals surface area (Å²) in [5, 5.41) is 4.13. The van der Waals surface area contributed by atoms with Crippen LogP contribution in [-0.2, 0) is 5.41 Å². The minimum atomic E-state index is -4.20. The molecule has 1 saturated carbocycles. The van der Waals surface area contributed by atoms with Crippen LogP contribution in [0.3, 0.4) is 0 Å². The van der Waals surface area contributed by atoms with Gasteiger partial charge in [0.15, 0.2) is 0 Å². The first-order valence-corrected chi connectivity index (χ1v) is 5.64. The first-order valence-electron chi connectivity index (χ1n) is 4.82. The van der Waals surface area contributed by atoms with Gasteiger partial charge in [0, 0.05) is 0 Å². The SMILES string of the molecule is Cc1cn2nc(C3(C(F)(F)F)CC3)sc2n1.